The number of carbonyl (C=O) groups excluding carboxylic acids is 1. The van der Waals surface area contributed by atoms with Gasteiger partial charge in [-0.15, -0.1) is 0 Å². The smallest absolute Gasteiger partial charge is 0.244 e. The van der Waals surface area contributed by atoms with Crippen molar-refractivity contribution in [3.8, 4) is 5.75 Å². The zero-order chi connectivity index (χ0) is 13.7. The molecule has 98 valence electrons. The van der Waals surface area contributed by atoms with Crippen LogP contribution in [0.3, 0.4) is 0 Å². The molecule has 1 heterocycles. The van der Waals surface area contributed by atoms with E-state index >= 15 is 0 Å². The van der Waals surface area contributed by atoms with Crippen molar-refractivity contribution in [1.82, 2.24) is 4.57 Å². The topological polar surface area (TPSA) is 60.3 Å². The van der Waals surface area contributed by atoms with Crippen molar-refractivity contribution in [3.05, 3.63) is 59.0 Å². The van der Waals surface area contributed by atoms with Gasteiger partial charge in [-0.3, -0.25) is 9.59 Å². The largest absolute Gasteiger partial charge is 0.497 e. The van der Waals surface area contributed by atoms with Crippen molar-refractivity contribution < 1.29 is 9.53 Å². The zero-order valence-electron chi connectivity index (χ0n) is 10.5. The molecule has 5 heteroatoms. The molecule has 0 unspecified atom stereocenters. The lowest BCUT2D eigenvalue weighted by molar-refractivity contribution is -0.116. The average molecular weight is 258 g/mol. The Hall–Kier alpha value is -2.56. The summed E-state index contributed by atoms with van der Waals surface area (Å²) in [6.07, 6.45) is 3.16. The Balaban J connectivity index is 1.96. The second kappa shape index (κ2) is 5.86. The lowest BCUT2D eigenvalue weighted by atomic mass is 10.3. The number of pyridine rings is 1. The monoisotopic (exact) mass is 258 g/mol. The van der Waals surface area contributed by atoms with Gasteiger partial charge in [0.05, 0.1) is 7.11 Å². The van der Waals surface area contributed by atoms with Crippen molar-refractivity contribution in [3.63, 3.8) is 0 Å². The van der Waals surface area contributed by atoms with Crippen molar-refractivity contribution in [2.45, 2.75) is 6.54 Å². The Morgan fingerprint density at radius 1 is 1.16 bits per heavy atom. The second-order valence-corrected chi connectivity index (χ2v) is 3.98. The molecule has 1 N–H and O–H groups in total. The van der Waals surface area contributed by atoms with E-state index in [4.69, 9.17) is 4.74 Å². The van der Waals surface area contributed by atoms with Gasteiger partial charge in [-0.2, -0.15) is 0 Å². The van der Waals surface area contributed by atoms with Crippen LogP contribution < -0.4 is 15.5 Å². The van der Waals surface area contributed by atoms with E-state index in [1.165, 1.54) is 12.1 Å². The van der Waals surface area contributed by atoms with E-state index in [1.54, 1.807) is 48.3 Å². The van der Waals surface area contributed by atoms with E-state index in [0.29, 0.717) is 5.69 Å². The maximum atomic E-state index is 11.8. The van der Waals surface area contributed by atoms with Gasteiger partial charge in [0.15, 0.2) is 5.43 Å². The van der Waals surface area contributed by atoms with Crippen LogP contribution in [0.2, 0.25) is 0 Å². The van der Waals surface area contributed by atoms with Gasteiger partial charge in [0, 0.05) is 30.2 Å². The summed E-state index contributed by atoms with van der Waals surface area (Å²) in [6, 6.07) is 9.91. The number of hydrogen-bond acceptors (Lipinski definition) is 3. The highest BCUT2D eigenvalue weighted by atomic mass is 16.5. The molecule has 2 rings (SSSR count). The molecule has 0 fully saturated rings. The fourth-order valence-corrected chi connectivity index (χ4v) is 1.59. The van der Waals surface area contributed by atoms with E-state index < -0.39 is 0 Å². The molecule has 0 saturated carbocycles. The molecule has 0 aliphatic rings. The fourth-order valence-electron chi connectivity index (χ4n) is 1.59. The van der Waals surface area contributed by atoms with Crippen LogP contribution >= 0.6 is 0 Å². The van der Waals surface area contributed by atoms with E-state index in [1.807, 2.05) is 0 Å². The Morgan fingerprint density at radius 3 is 2.37 bits per heavy atom. The van der Waals surface area contributed by atoms with Gasteiger partial charge < -0.3 is 14.6 Å². The summed E-state index contributed by atoms with van der Waals surface area (Å²) in [7, 11) is 1.59. The fraction of sp³-hybridized carbons (Fsp3) is 0.143. The molecule has 1 aromatic carbocycles. The number of nitrogens with zero attached hydrogens (tertiary/aromatic N) is 1. The molecule has 0 atom stereocenters. The Kier molecular flexibility index (Phi) is 3.97. The highest BCUT2D eigenvalue weighted by Gasteiger charge is 2.02. The number of hydrogen-bond donors (Lipinski definition) is 1. The molecule has 0 aliphatic heterocycles. The predicted octanol–water partition coefficient (Wildman–Crippen LogP) is 1.50. The molecule has 1 amide bonds. The highest BCUT2D eigenvalue weighted by Crippen LogP contribution is 2.14. The molecule has 19 heavy (non-hydrogen) atoms. The Bertz CT molecular complexity index is 597. The lowest BCUT2D eigenvalue weighted by Crippen LogP contribution is -2.19. The van der Waals surface area contributed by atoms with Gasteiger partial charge in [-0.25, -0.2) is 0 Å². The summed E-state index contributed by atoms with van der Waals surface area (Å²) < 4.78 is 6.67. The lowest BCUT2D eigenvalue weighted by Gasteiger charge is -2.08. The molecule has 2 aromatic rings. The third-order valence-corrected chi connectivity index (χ3v) is 2.56. The maximum absolute atomic E-state index is 11.8. The van der Waals surface area contributed by atoms with Crippen molar-refractivity contribution in [2.24, 2.45) is 0 Å². The number of ether oxygens (including phenoxy) is 1. The number of nitrogens with one attached hydrogen (secondary N) is 1. The highest BCUT2D eigenvalue weighted by molar-refractivity contribution is 5.90. The molecular formula is C14H14N2O3. The number of aromatic nitrogens is 1. The summed E-state index contributed by atoms with van der Waals surface area (Å²) in [6.45, 7) is 0.159. The van der Waals surface area contributed by atoms with Crippen LogP contribution in [0.1, 0.15) is 0 Å². The maximum Gasteiger partial charge on any atom is 0.244 e. The van der Waals surface area contributed by atoms with Crippen LogP contribution in [0.25, 0.3) is 0 Å². The first-order valence-corrected chi connectivity index (χ1v) is 5.77. The van der Waals surface area contributed by atoms with Gasteiger partial charge in [0.1, 0.15) is 12.3 Å². The predicted molar refractivity (Wildman–Crippen MR) is 72.3 cm³/mol. The summed E-state index contributed by atoms with van der Waals surface area (Å²) >= 11 is 0. The average Bonchev–Trinajstić information content (AvgIpc) is 2.42. The quantitative estimate of drug-likeness (QED) is 0.904. The number of amides is 1. The number of rotatable bonds is 4. The Morgan fingerprint density at radius 2 is 1.79 bits per heavy atom. The summed E-state index contributed by atoms with van der Waals surface area (Å²) in [5, 5.41) is 2.76. The van der Waals surface area contributed by atoms with Crippen LogP contribution in [0.15, 0.2) is 53.6 Å². The first-order chi connectivity index (χ1) is 9.17. The van der Waals surface area contributed by atoms with Crippen LogP contribution in [0.4, 0.5) is 5.69 Å². The molecule has 5 nitrogen and oxygen atoms in total. The number of methoxy groups -OCH3 is 1. The molecule has 1 aromatic heterocycles. The van der Waals surface area contributed by atoms with Crippen molar-refractivity contribution >= 4 is 11.6 Å². The van der Waals surface area contributed by atoms with Crippen molar-refractivity contribution in [2.75, 3.05) is 12.4 Å². The summed E-state index contributed by atoms with van der Waals surface area (Å²) in [5.41, 5.74) is 0.624. The Labute approximate surface area is 110 Å². The zero-order valence-corrected chi connectivity index (χ0v) is 10.5. The molecule has 0 aliphatic carbocycles. The number of carbonyl (C=O) groups is 1. The summed E-state index contributed by atoms with van der Waals surface area (Å²) in [4.78, 5) is 22.7. The number of benzene rings is 1. The van der Waals surface area contributed by atoms with Gasteiger partial charge in [-0.05, 0) is 24.3 Å². The van der Waals surface area contributed by atoms with Crippen LogP contribution in [-0.4, -0.2) is 17.6 Å². The minimum Gasteiger partial charge on any atom is -0.497 e. The SMILES string of the molecule is COc1ccc(NC(=O)Cn2ccc(=O)cc2)cc1. The standard InChI is InChI=1S/C14H14N2O3/c1-19-13-4-2-11(3-5-13)15-14(18)10-16-8-6-12(17)7-9-16/h2-9H,10H2,1H3,(H,15,18). The van der Waals surface area contributed by atoms with Gasteiger partial charge >= 0.3 is 0 Å². The van der Waals surface area contributed by atoms with E-state index in [0.717, 1.165) is 5.75 Å². The first-order valence-electron chi connectivity index (χ1n) is 5.77. The minimum absolute atomic E-state index is 0.0770. The molecule has 0 bridgehead atoms. The van der Waals surface area contributed by atoms with Crippen LogP contribution in [-0.2, 0) is 11.3 Å². The molecular weight excluding hydrogens is 244 g/mol. The van der Waals surface area contributed by atoms with Gasteiger partial charge in [0.2, 0.25) is 5.91 Å². The third-order valence-electron chi connectivity index (χ3n) is 2.56. The normalized spacial score (nSPS) is 9.95. The van der Waals surface area contributed by atoms with E-state index in [-0.39, 0.29) is 17.9 Å². The van der Waals surface area contributed by atoms with Crippen LogP contribution in [0, 0.1) is 0 Å². The number of anilines is 1. The molecule has 0 radical (unpaired) electrons. The third kappa shape index (κ3) is 3.70. The van der Waals surface area contributed by atoms with E-state index in [9.17, 15) is 9.59 Å². The van der Waals surface area contributed by atoms with Gasteiger partial charge in [0.25, 0.3) is 0 Å². The molecule has 0 spiro atoms. The van der Waals surface area contributed by atoms with Gasteiger partial charge in [-0.1, -0.05) is 0 Å². The van der Waals surface area contributed by atoms with Crippen LogP contribution in [0.5, 0.6) is 5.75 Å². The molecule has 0 saturated heterocycles. The second-order valence-electron chi connectivity index (χ2n) is 3.98. The summed E-state index contributed by atoms with van der Waals surface area (Å²) in [5.74, 6) is 0.576. The first kappa shape index (κ1) is 12.9. The van der Waals surface area contributed by atoms with E-state index in [2.05, 4.69) is 5.32 Å². The minimum atomic E-state index is -0.159. The van der Waals surface area contributed by atoms with Crippen molar-refractivity contribution in [1.29, 1.82) is 0 Å².